The van der Waals surface area contributed by atoms with Gasteiger partial charge in [0.05, 0.1) is 5.38 Å². The number of halogens is 1. The minimum absolute atomic E-state index is 0.102. The van der Waals surface area contributed by atoms with Gasteiger partial charge in [-0.25, -0.2) is 4.98 Å². The van der Waals surface area contributed by atoms with Gasteiger partial charge in [0, 0.05) is 18.9 Å². The van der Waals surface area contributed by atoms with Gasteiger partial charge in [0.2, 0.25) is 5.65 Å². The normalized spacial score (nSPS) is 13.1. The molecule has 5 nitrogen and oxygen atoms in total. The third-order valence-corrected chi connectivity index (χ3v) is 3.75. The van der Waals surface area contributed by atoms with Crippen molar-refractivity contribution in [2.75, 3.05) is 11.9 Å². The molecule has 0 saturated heterocycles. The summed E-state index contributed by atoms with van der Waals surface area (Å²) in [5.41, 5.74) is 0.728. The molecule has 0 aliphatic carbocycles. The molecule has 1 unspecified atom stereocenters. The number of nitrogens with zero attached hydrogens (tertiary/aromatic N) is 4. The lowest BCUT2D eigenvalue weighted by molar-refractivity contribution is 0.475. The zero-order valence-electron chi connectivity index (χ0n) is 10.7. The predicted molar refractivity (Wildman–Crippen MR) is 73.0 cm³/mol. The quantitative estimate of drug-likeness (QED) is 0.818. The monoisotopic (exact) mass is 267 g/mol. The Labute approximate surface area is 112 Å². The summed E-state index contributed by atoms with van der Waals surface area (Å²) in [4.78, 5) is 4.27. The van der Waals surface area contributed by atoms with E-state index in [1.807, 2.05) is 10.6 Å². The van der Waals surface area contributed by atoms with Gasteiger partial charge in [-0.3, -0.25) is 4.40 Å². The van der Waals surface area contributed by atoms with Crippen LogP contribution in [0.1, 0.15) is 26.7 Å². The van der Waals surface area contributed by atoms with Gasteiger partial charge in [-0.05, 0) is 5.92 Å². The summed E-state index contributed by atoms with van der Waals surface area (Å²) in [6.45, 7) is 5.02. The summed E-state index contributed by atoms with van der Waals surface area (Å²) in [7, 11) is 0. The number of nitrogens with one attached hydrogen (secondary N) is 1. The molecular formula is C12H18ClN5. The van der Waals surface area contributed by atoms with E-state index in [0.29, 0.717) is 12.5 Å². The van der Waals surface area contributed by atoms with Crippen molar-refractivity contribution in [1.82, 2.24) is 19.6 Å². The second-order valence-corrected chi connectivity index (χ2v) is 4.87. The maximum absolute atomic E-state index is 6.39. The molecule has 0 amide bonds. The first kappa shape index (κ1) is 13.1. The Kier molecular flexibility index (Phi) is 4.36. The van der Waals surface area contributed by atoms with E-state index in [9.17, 15) is 0 Å². The highest BCUT2D eigenvalue weighted by Gasteiger charge is 2.16. The second-order valence-electron chi connectivity index (χ2n) is 4.31. The van der Waals surface area contributed by atoms with Crippen molar-refractivity contribution >= 4 is 23.1 Å². The fourth-order valence-electron chi connectivity index (χ4n) is 2.04. The molecule has 0 saturated carbocycles. The molecule has 2 aromatic heterocycles. The standard InChI is InChI=1S/C12H18ClN5/c1-3-9(4-2)10(13)7-15-11-12-17-16-8-18(12)6-5-14-11/h5-6,8-10H,3-4,7H2,1-2H3,(H,14,15). The van der Waals surface area contributed by atoms with E-state index in [1.165, 1.54) is 0 Å². The Morgan fingerprint density at radius 3 is 2.89 bits per heavy atom. The summed E-state index contributed by atoms with van der Waals surface area (Å²) in [6, 6.07) is 0. The van der Waals surface area contributed by atoms with Gasteiger partial charge in [-0.1, -0.05) is 26.7 Å². The summed E-state index contributed by atoms with van der Waals surface area (Å²) in [5, 5.41) is 11.2. The van der Waals surface area contributed by atoms with Crippen LogP contribution in [0.4, 0.5) is 5.82 Å². The first-order valence-corrected chi connectivity index (χ1v) is 6.72. The minimum atomic E-state index is 0.102. The van der Waals surface area contributed by atoms with Crippen LogP contribution in [-0.4, -0.2) is 31.5 Å². The van der Waals surface area contributed by atoms with E-state index in [-0.39, 0.29) is 5.38 Å². The maximum Gasteiger partial charge on any atom is 0.203 e. The smallest absolute Gasteiger partial charge is 0.203 e. The Hall–Kier alpha value is -1.36. The van der Waals surface area contributed by atoms with Crippen LogP contribution in [0.2, 0.25) is 0 Å². The number of anilines is 1. The largest absolute Gasteiger partial charge is 0.365 e. The molecule has 0 aliphatic rings. The molecule has 0 aromatic carbocycles. The third-order valence-electron chi connectivity index (χ3n) is 3.24. The molecule has 0 aliphatic heterocycles. The molecule has 18 heavy (non-hydrogen) atoms. The molecule has 2 aromatic rings. The van der Waals surface area contributed by atoms with Crippen LogP contribution < -0.4 is 5.32 Å². The number of fused-ring (bicyclic) bond motifs is 1. The summed E-state index contributed by atoms with van der Waals surface area (Å²) in [6.07, 6.45) is 7.38. The van der Waals surface area contributed by atoms with E-state index in [2.05, 4.69) is 34.3 Å². The van der Waals surface area contributed by atoms with Crippen molar-refractivity contribution in [3.8, 4) is 0 Å². The van der Waals surface area contributed by atoms with Gasteiger partial charge in [0.1, 0.15) is 6.33 Å². The number of hydrogen-bond acceptors (Lipinski definition) is 4. The molecular weight excluding hydrogens is 250 g/mol. The van der Waals surface area contributed by atoms with E-state index in [4.69, 9.17) is 11.6 Å². The van der Waals surface area contributed by atoms with Crippen LogP contribution in [0.5, 0.6) is 0 Å². The molecule has 0 spiro atoms. The average molecular weight is 268 g/mol. The lowest BCUT2D eigenvalue weighted by Gasteiger charge is -2.19. The zero-order valence-corrected chi connectivity index (χ0v) is 11.4. The van der Waals surface area contributed by atoms with Gasteiger partial charge >= 0.3 is 0 Å². The number of aromatic nitrogens is 4. The fraction of sp³-hybridized carbons (Fsp3) is 0.583. The van der Waals surface area contributed by atoms with Crippen LogP contribution >= 0.6 is 11.6 Å². The molecule has 98 valence electrons. The van der Waals surface area contributed by atoms with Crippen LogP contribution in [-0.2, 0) is 0 Å². The van der Waals surface area contributed by atoms with Gasteiger partial charge in [0.15, 0.2) is 5.82 Å². The first-order chi connectivity index (χ1) is 8.76. The van der Waals surface area contributed by atoms with E-state index >= 15 is 0 Å². The van der Waals surface area contributed by atoms with Crippen molar-refractivity contribution in [2.24, 2.45) is 5.92 Å². The number of alkyl halides is 1. The predicted octanol–water partition coefficient (Wildman–Crippen LogP) is 2.58. The van der Waals surface area contributed by atoms with Crippen LogP contribution in [0.15, 0.2) is 18.7 Å². The van der Waals surface area contributed by atoms with Crippen molar-refractivity contribution in [2.45, 2.75) is 32.1 Å². The van der Waals surface area contributed by atoms with E-state index in [0.717, 1.165) is 24.3 Å². The highest BCUT2D eigenvalue weighted by Crippen LogP contribution is 2.19. The summed E-state index contributed by atoms with van der Waals surface area (Å²) in [5.74, 6) is 1.25. The maximum atomic E-state index is 6.39. The topological polar surface area (TPSA) is 55.1 Å². The zero-order chi connectivity index (χ0) is 13.0. The van der Waals surface area contributed by atoms with E-state index < -0.39 is 0 Å². The minimum Gasteiger partial charge on any atom is -0.365 e. The van der Waals surface area contributed by atoms with Crippen LogP contribution in [0.25, 0.3) is 5.65 Å². The number of rotatable bonds is 6. The first-order valence-electron chi connectivity index (χ1n) is 6.28. The summed E-state index contributed by atoms with van der Waals surface area (Å²) < 4.78 is 1.83. The molecule has 1 atom stereocenters. The Morgan fingerprint density at radius 2 is 2.17 bits per heavy atom. The van der Waals surface area contributed by atoms with Crippen molar-refractivity contribution in [1.29, 1.82) is 0 Å². The van der Waals surface area contributed by atoms with Crippen molar-refractivity contribution in [3.05, 3.63) is 18.7 Å². The third kappa shape index (κ3) is 2.72. The van der Waals surface area contributed by atoms with E-state index in [1.54, 1.807) is 12.5 Å². The highest BCUT2D eigenvalue weighted by atomic mass is 35.5. The van der Waals surface area contributed by atoms with Crippen molar-refractivity contribution < 1.29 is 0 Å². The van der Waals surface area contributed by atoms with Gasteiger partial charge in [0.25, 0.3) is 0 Å². The molecule has 0 bridgehead atoms. The second kappa shape index (κ2) is 6.00. The summed E-state index contributed by atoms with van der Waals surface area (Å²) >= 11 is 6.39. The molecule has 6 heteroatoms. The Balaban J connectivity index is 2.04. The average Bonchev–Trinajstić information content (AvgIpc) is 2.86. The van der Waals surface area contributed by atoms with Crippen LogP contribution in [0.3, 0.4) is 0 Å². The van der Waals surface area contributed by atoms with Crippen molar-refractivity contribution in [3.63, 3.8) is 0 Å². The van der Waals surface area contributed by atoms with Gasteiger partial charge < -0.3 is 5.32 Å². The highest BCUT2D eigenvalue weighted by molar-refractivity contribution is 6.21. The van der Waals surface area contributed by atoms with Gasteiger partial charge in [-0.15, -0.1) is 21.8 Å². The molecule has 0 radical (unpaired) electrons. The molecule has 1 N–H and O–H groups in total. The molecule has 2 rings (SSSR count). The molecule has 0 fully saturated rings. The Morgan fingerprint density at radius 1 is 1.39 bits per heavy atom. The Bertz CT molecular complexity index is 494. The van der Waals surface area contributed by atoms with Gasteiger partial charge in [-0.2, -0.15) is 0 Å². The SMILES string of the molecule is CCC(CC)C(Cl)CNc1nccn2cnnc12. The fourth-order valence-corrected chi connectivity index (χ4v) is 2.48. The lowest BCUT2D eigenvalue weighted by Crippen LogP contribution is -2.23. The number of hydrogen-bond donors (Lipinski definition) is 1. The van der Waals surface area contributed by atoms with Crippen LogP contribution in [0, 0.1) is 5.92 Å². The molecule has 2 heterocycles. The lowest BCUT2D eigenvalue weighted by atomic mass is 9.99.